The topological polar surface area (TPSA) is 90.8 Å². The van der Waals surface area contributed by atoms with Crippen LogP contribution in [0.1, 0.15) is 19.3 Å². The lowest BCUT2D eigenvalue weighted by atomic mass is 10.1. The second-order valence-electron chi connectivity index (χ2n) is 3.86. The lowest BCUT2D eigenvalue weighted by Crippen LogP contribution is -2.27. The van der Waals surface area contributed by atoms with Crippen molar-refractivity contribution in [3.63, 3.8) is 0 Å². The first kappa shape index (κ1) is 10.1. The van der Waals surface area contributed by atoms with E-state index in [2.05, 4.69) is 15.6 Å². The number of hydrogen-bond donors (Lipinski definition) is 3. The van der Waals surface area contributed by atoms with Gasteiger partial charge in [-0.05, 0) is 12.8 Å². The van der Waals surface area contributed by atoms with Gasteiger partial charge in [0.25, 0.3) is 0 Å². The molecule has 1 saturated carbocycles. The molecular weight excluding hydrogens is 198 g/mol. The van der Waals surface area contributed by atoms with Crippen LogP contribution in [0.15, 0.2) is 4.99 Å². The summed E-state index contributed by atoms with van der Waals surface area (Å²) in [5.74, 6) is -1.02. The van der Waals surface area contributed by atoms with Gasteiger partial charge in [-0.2, -0.15) is 0 Å². The Morgan fingerprint density at radius 3 is 2.47 bits per heavy atom. The lowest BCUT2D eigenvalue weighted by Gasteiger charge is -2.10. The van der Waals surface area contributed by atoms with Gasteiger partial charge in [-0.3, -0.25) is 25.2 Å². The highest BCUT2D eigenvalue weighted by Crippen LogP contribution is 2.25. The van der Waals surface area contributed by atoms with Crippen molar-refractivity contribution in [2.75, 3.05) is 6.54 Å². The zero-order valence-corrected chi connectivity index (χ0v) is 8.19. The van der Waals surface area contributed by atoms with Gasteiger partial charge in [0.1, 0.15) is 0 Å². The quantitative estimate of drug-likeness (QED) is 0.498. The third-order valence-corrected chi connectivity index (χ3v) is 2.77. The second kappa shape index (κ2) is 3.98. The lowest BCUT2D eigenvalue weighted by molar-refractivity contribution is -0.135. The predicted molar refractivity (Wildman–Crippen MR) is 51.9 cm³/mol. The van der Waals surface area contributed by atoms with Gasteiger partial charge in [0.15, 0.2) is 0 Å². The molecule has 0 aromatic heterocycles. The Morgan fingerprint density at radius 1 is 1.27 bits per heavy atom. The fraction of sp³-hybridized carbons (Fsp3) is 0.667. The molecule has 82 valence electrons. The van der Waals surface area contributed by atoms with Gasteiger partial charge in [0, 0.05) is 12.5 Å². The molecule has 0 bridgehead atoms. The van der Waals surface area contributed by atoms with E-state index in [-0.39, 0.29) is 18.0 Å². The average Bonchev–Trinajstić information content (AvgIpc) is 2.72. The molecule has 2 rings (SSSR count). The Balaban J connectivity index is 1.89. The van der Waals surface area contributed by atoms with E-state index in [9.17, 15) is 14.7 Å². The summed E-state index contributed by atoms with van der Waals surface area (Å²) in [6.07, 6.45) is 2.46. The number of aliphatic imine (C=N–C) groups is 1. The van der Waals surface area contributed by atoms with Crippen LogP contribution in [0.2, 0.25) is 0 Å². The van der Waals surface area contributed by atoms with Crippen molar-refractivity contribution in [3.05, 3.63) is 0 Å². The van der Waals surface area contributed by atoms with Gasteiger partial charge >= 0.3 is 11.8 Å². The van der Waals surface area contributed by atoms with Crippen molar-refractivity contribution in [1.29, 1.82) is 0 Å². The van der Waals surface area contributed by atoms with Crippen molar-refractivity contribution < 1.29 is 14.7 Å². The molecule has 1 heterocycles. The van der Waals surface area contributed by atoms with Gasteiger partial charge in [-0.25, -0.2) is 0 Å². The van der Waals surface area contributed by atoms with Crippen LogP contribution in [0, 0.1) is 5.92 Å². The number of nitrogens with one attached hydrogen (secondary N) is 2. The number of hydrogen-bond acceptors (Lipinski definition) is 4. The van der Waals surface area contributed by atoms with Crippen LogP contribution in [0.5, 0.6) is 0 Å². The van der Waals surface area contributed by atoms with E-state index in [4.69, 9.17) is 0 Å². The van der Waals surface area contributed by atoms with Crippen molar-refractivity contribution in [2.24, 2.45) is 10.9 Å². The van der Waals surface area contributed by atoms with E-state index in [0.29, 0.717) is 6.54 Å². The Labute approximate surface area is 86.8 Å². The molecule has 2 unspecified atom stereocenters. The van der Waals surface area contributed by atoms with Crippen molar-refractivity contribution in [1.82, 2.24) is 10.6 Å². The van der Waals surface area contributed by atoms with Crippen LogP contribution in [-0.4, -0.2) is 35.5 Å². The molecule has 1 aliphatic heterocycles. The highest BCUT2D eigenvalue weighted by Gasteiger charge is 2.27. The maximum absolute atomic E-state index is 10.8. The van der Waals surface area contributed by atoms with Crippen molar-refractivity contribution in [3.8, 4) is 0 Å². The monoisotopic (exact) mass is 211 g/mol. The Hall–Kier alpha value is -1.43. The zero-order chi connectivity index (χ0) is 10.8. The van der Waals surface area contributed by atoms with Gasteiger partial charge in [0.2, 0.25) is 5.96 Å². The highest BCUT2D eigenvalue weighted by molar-refractivity contribution is 6.45. The molecular formula is C9H13N3O3. The second-order valence-corrected chi connectivity index (χ2v) is 3.86. The molecule has 0 radical (unpaired) electrons. The van der Waals surface area contributed by atoms with Gasteiger partial charge < -0.3 is 5.11 Å². The molecule has 2 atom stereocenters. The average molecular weight is 211 g/mol. The predicted octanol–water partition coefficient (Wildman–Crippen LogP) is -1.25. The molecule has 0 spiro atoms. The molecule has 6 nitrogen and oxygen atoms in total. The third-order valence-electron chi connectivity index (χ3n) is 2.77. The van der Waals surface area contributed by atoms with E-state index >= 15 is 0 Å². The number of aliphatic hydroxyl groups is 1. The molecule has 1 saturated heterocycles. The zero-order valence-electron chi connectivity index (χ0n) is 8.19. The van der Waals surface area contributed by atoms with Gasteiger partial charge in [-0.15, -0.1) is 0 Å². The number of amides is 2. The van der Waals surface area contributed by atoms with Crippen LogP contribution in [-0.2, 0) is 9.59 Å². The number of rotatable bonds is 2. The maximum atomic E-state index is 10.8. The van der Waals surface area contributed by atoms with Crippen LogP contribution in [0.4, 0.5) is 0 Å². The summed E-state index contributed by atoms with van der Waals surface area (Å²) in [4.78, 5) is 25.6. The molecule has 0 aromatic carbocycles. The van der Waals surface area contributed by atoms with E-state index in [1.807, 2.05) is 0 Å². The molecule has 3 N–H and O–H groups in total. The Bertz CT molecular complexity index is 309. The summed E-state index contributed by atoms with van der Waals surface area (Å²) >= 11 is 0. The molecule has 1 aliphatic carbocycles. The molecule has 2 amide bonds. The minimum atomic E-state index is -0.680. The Kier molecular flexibility index (Phi) is 2.68. The number of guanidine groups is 1. The summed E-state index contributed by atoms with van der Waals surface area (Å²) in [5, 5.41) is 14.1. The fourth-order valence-corrected chi connectivity index (χ4v) is 1.88. The minimum absolute atomic E-state index is 0.145. The molecule has 2 fully saturated rings. The summed E-state index contributed by atoms with van der Waals surface area (Å²) in [5.41, 5.74) is 0. The maximum Gasteiger partial charge on any atom is 0.316 e. The molecule has 15 heavy (non-hydrogen) atoms. The first-order chi connectivity index (χ1) is 7.16. The number of carbonyl (C=O) groups is 2. The van der Waals surface area contributed by atoms with Crippen molar-refractivity contribution >= 4 is 17.8 Å². The number of carbonyl (C=O) groups excluding carboxylic acids is 2. The van der Waals surface area contributed by atoms with Crippen LogP contribution in [0.3, 0.4) is 0 Å². The van der Waals surface area contributed by atoms with Gasteiger partial charge in [0.05, 0.1) is 6.10 Å². The SMILES string of the molecule is O=C1NC(=NCC2CCCC2O)NC1=O. The minimum Gasteiger partial charge on any atom is -0.393 e. The molecule has 2 aliphatic rings. The smallest absolute Gasteiger partial charge is 0.316 e. The molecule has 0 aromatic rings. The van der Waals surface area contributed by atoms with E-state index in [1.54, 1.807) is 0 Å². The van der Waals surface area contributed by atoms with Crippen LogP contribution >= 0.6 is 0 Å². The fourth-order valence-electron chi connectivity index (χ4n) is 1.88. The van der Waals surface area contributed by atoms with E-state index in [0.717, 1.165) is 19.3 Å². The summed E-state index contributed by atoms with van der Waals surface area (Å²) in [7, 11) is 0. The number of nitrogens with zero attached hydrogens (tertiary/aromatic N) is 1. The first-order valence-corrected chi connectivity index (χ1v) is 5.01. The Morgan fingerprint density at radius 2 is 1.93 bits per heavy atom. The number of aliphatic hydroxyl groups excluding tert-OH is 1. The van der Waals surface area contributed by atoms with Crippen LogP contribution in [0.25, 0.3) is 0 Å². The normalized spacial score (nSPS) is 30.3. The van der Waals surface area contributed by atoms with Crippen molar-refractivity contribution in [2.45, 2.75) is 25.4 Å². The summed E-state index contributed by atoms with van der Waals surface area (Å²) in [6, 6.07) is 0. The third kappa shape index (κ3) is 2.15. The highest BCUT2D eigenvalue weighted by atomic mass is 16.3. The van der Waals surface area contributed by atoms with Gasteiger partial charge in [-0.1, -0.05) is 6.42 Å². The summed E-state index contributed by atoms with van der Waals surface area (Å²) < 4.78 is 0. The largest absolute Gasteiger partial charge is 0.393 e. The van der Waals surface area contributed by atoms with Crippen LogP contribution < -0.4 is 10.6 Å². The van der Waals surface area contributed by atoms with E-state index in [1.165, 1.54) is 0 Å². The molecule has 6 heteroatoms. The first-order valence-electron chi connectivity index (χ1n) is 5.01. The standard InChI is InChI=1S/C9H13N3O3/c13-6-3-1-2-5(6)4-10-9-11-7(14)8(15)12-9/h5-6,13H,1-4H2,(H2,10,11,12,14,15). The van der Waals surface area contributed by atoms with E-state index < -0.39 is 11.8 Å². The summed E-state index contributed by atoms with van der Waals surface area (Å²) in [6.45, 7) is 0.442.